The van der Waals surface area contributed by atoms with Gasteiger partial charge in [0.1, 0.15) is 12.2 Å². The topological polar surface area (TPSA) is 76.7 Å². The van der Waals surface area contributed by atoms with E-state index in [2.05, 4.69) is 66.0 Å². The van der Waals surface area contributed by atoms with Crippen molar-refractivity contribution in [2.75, 3.05) is 0 Å². The van der Waals surface area contributed by atoms with Gasteiger partial charge in [-0.05, 0) is 81.1 Å². The van der Waals surface area contributed by atoms with Crippen LogP contribution in [0.4, 0.5) is 0 Å². The Morgan fingerprint density at radius 2 is 1.19 bits per heavy atom. The van der Waals surface area contributed by atoms with E-state index in [9.17, 15) is 9.59 Å². The van der Waals surface area contributed by atoms with Crippen LogP contribution >= 0.6 is 0 Å². The summed E-state index contributed by atoms with van der Waals surface area (Å²) in [6.07, 6.45) is 4.86. The minimum Gasteiger partial charge on any atom is -0.462 e. The van der Waals surface area contributed by atoms with E-state index in [4.69, 9.17) is 9.47 Å². The van der Waals surface area contributed by atoms with E-state index in [0.717, 1.165) is 38.5 Å². The highest BCUT2D eigenvalue weighted by atomic mass is 16.6. The Labute approximate surface area is 189 Å². The van der Waals surface area contributed by atoms with Crippen LogP contribution in [0.3, 0.4) is 0 Å². The van der Waals surface area contributed by atoms with Crippen molar-refractivity contribution in [2.24, 2.45) is 5.92 Å². The Kier molecular flexibility index (Phi) is 7.90. The molecule has 0 aromatic carbocycles. The van der Waals surface area contributed by atoms with Gasteiger partial charge >= 0.3 is 11.9 Å². The molecule has 0 aromatic rings. The molecule has 0 amide bonds. The van der Waals surface area contributed by atoms with Gasteiger partial charge in [0.05, 0.1) is 12.3 Å². The molecule has 3 atom stereocenters. The number of esters is 2. The Morgan fingerprint density at radius 1 is 0.774 bits per heavy atom. The van der Waals surface area contributed by atoms with Crippen LogP contribution in [-0.2, 0) is 19.1 Å². The monoisotopic (exact) mass is 438 g/mol. The third kappa shape index (κ3) is 8.72. The fourth-order valence-corrected chi connectivity index (χ4v) is 5.49. The van der Waals surface area contributed by atoms with Gasteiger partial charge in [-0.3, -0.25) is 9.59 Å². The molecule has 2 aliphatic rings. The summed E-state index contributed by atoms with van der Waals surface area (Å²) in [6.45, 7) is 19.1. The number of nitrogens with one attached hydrogen (secondary N) is 2. The van der Waals surface area contributed by atoms with Crippen LogP contribution < -0.4 is 10.6 Å². The maximum absolute atomic E-state index is 12.7. The first-order valence-electron chi connectivity index (χ1n) is 12.0. The van der Waals surface area contributed by atoms with E-state index in [1.165, 1.54) is 0 Å². The number of carbonyl (C=O) groups excluding carboxylic acids is 2. The molecule has 0 aliphatic carbocycles. The third-order valence-corrected chi connectivity index (χ3v) is 6.47. The molecule has 0 aromatic heterocycles. The SMILES string of the molecule is CC(CC(=O)OC1CCC(C)(C)NC(C)(C)C1)C(=O)OC1CCC(C)(C)NC(C)(C)C1. The lowest BCUT2D eigenvalue weighted by Crippen LogP contribution is -2.51. The minimum absolute atomic E-state index is 0.00991. The fraction of sp³-hybridized carbons (Fsp3) is 0.920. The van der Waals surface area contributed by atoms with Crippen LogP contribution in [0.25, 0.3) is 0 Å². The van der Waals surface area contributed by atoms with Gasteiger partial charge in [0.15, 0.2) is 0 Å². The van der Waals surface area contributed by atoms with E-state index in [-0.39, 0.29) is 52.7 Å². The zero-order valence-electron chi connectivity index (χ0n) is 21.3. The molecule has 6 nitrogen and oxygen atoms in total. The van der Waals surface area contributed by atoms with Crippen molar-refractivity contribution in [1.29, 1.82) is 0 Å². The lowest BCUT2D eigenvalue weighted by atomic mass is 9.96. The van der Waals surface area contributed by atoms with Gasteiger partial charge < -0.3 is 20.1 Å². The van der Waals surface area contributed by atoms with Gasteiger partial charge in [-0.1, -0.05) is 6.92 Å². The maximum Gasteiger partial charge on any atom is 0.309 e. The molecule has 3 unspecified atom stereocenters. The van der Waals surface area contributed by atoms with E-state index in [1.54, 1.807) is 6.92 Å². The van der Waals surface area contributed by atoms with E-state index in [1.807, 2.05) is 0 Å². The fourth-order valence-electron chi connectivity index (χ4n) is 5.49. The van der Waals surface area contributed by atoms with Gasteiger partial charge in [0, 0.05) is 35.0 Å². The Bertz CT molecular complexity index is 654. The maximum atomic E-state index is 12.7. The van der Waals surface area contributed by atoms with Crippen molar-refractivity contribution in [3.05, 3.63) is 0 Å². The Morgan fingerprint density at radius 3 is 1.65 bits per heavy atom. The second-order valence-electron chi connectivity index (χ2n) is 12.5. The molecule has 6 heteroatoms. The standard InChI is InChI=1S/C25H46N2O4/c1-17(21(29)31-19-11-13-23(4,5)27-25(8,9)16-19)14-20(28)30-18-10-12-22(2,3)26-24(6,7)15-18/h17-19,26-27H,10-16H2,1-9H3. The molecule has 180 valence electrons. The van der Waals surface area contributed by atoms with Crippen molar-refractivity contribution in [2.45, 2.75) is 142 Å². The highest BCUT2D eigenvalue weighted by Gasteiger charge is 2.38. The smallest absolute Gasteiger partial charge is 0.309 e. The molecule has 2 rings (SSSR count). The average Bonchev–Trinajstić information content (AvgIpc) is 2.71. The molecular weight excluding hydrogens is 392 g/mol. The van der Waals surface area contributed by atoms with Crippen LogP contribution in [-0.4, -0.2) is 46.3 Å². The van der Waals surface area contributed by atoms with Crippen molar-refractivity contribution in [3.8, 4) is 0 Å². The zero-order valence-corrected chi connectivity index (χ0v) is 21.3. The summed E-state index contributed by atoms with van der Waals surface area (Å²) in [5.41, 5.74) is -0.196. The van der Waals surface area contributed by atoms with Crippen LogP contribution in [0.1, 0.15) is 107 Å². The predicted molar refractivity (Wildman–Crippen MR) is 124 cm³/mol. The number of ether oxygens (including phenoxy) is 2. The molecule has 2 fully saturated rings. The molecule has 2 aliphatic heterocycles. The lowest BCUT2D eigenvalue weighted by molar-refractivity contribution is -0.161. The number of hydrogen-bond donors (Lipinski definition) is 2. The summed E-state index contributed by atoms with van der Waals surface area (Å²) in [5, 5.41) is 7.30. The van der Waals surface area contributed by atoms with Crippen molar-refractivity contribution in [1.82, 2.24) is 10.6 Å². The molecule has 0 spiro atoms. The summed E-state index contributed by atoms with van der Waals surface area (Å²) in [5.74, 6) is -1.12. The zero-order chi connectivity index (χ0) is 23.7. The largest absolute Gasteiger partial charge is 0.462 e. The van der Waals surface area contributed by atoms with Gasteiger partial charge in [-0.15, -0.1) is 0 Å². The first kappa shape index (κ1) is 26.1. The second kappa shape index (κ2) is 9.38. The van der Waals surface area contributed by atoms with E-state index < -0.39 is 5.92 Å². The number of rotatable bonds is 5. The van der Waals surface area contributed by atoms with E-state index >= 15 is 0 Å². The predicted octanol–water partition coefficient (Wildman–Crippen LogP) is 4.50. The average molecular weight is 439 g/mol. The molecule has 31 heavy (non-hydrogen) atoms. The molecule has 0 saturated carbocycles. The molecule has 2 N–H and O–H groups in total. The normalized spacial score (nSPS) is 30.4. The van der Waals surface area contributed by atoms with Crippen molar-refractivity contribution >= 4 is 11.9 Å². The Balaban J connectivity index is 1.87. The summed E-state index contributed by atoms with van der Waals surface area (Å²) in [7, 11) is 0. The second-order valence-corrected chi connectivity index (χ2v) is 12.5. The third-order valence-electron chi connectivity index (χ3n) is 6.47. The molecule has 0 radical (unpaired) electrons. The number of carbonyl (C=O) groups is 2. The molecular formula is C25H46N2O4. The molecule has 2 heterocycles. The first-order valence-corrected chi connectivity index (χ1v) is 12.0. The van der Waals surface area contributed by atoms with Gasteiger partial charge in [-0.2, -0.15) is 0 Å². The Hall–Kier alpha value is -1.14. The summed E-state index contributed by atoms with van der Waals surface area (Å²) in [6, 6.07) is 0. The minimum atomic E-state index is -0.506. The molecule has 0 bridgehead atoms. The van der Waals surface area contributed by atoms with Crippen LogP contribution in [0, 0.1) is 5.92 Å². The van der Waals surface area contributed by atoms with Crippen molar-refractivity contribution < 1.29 is 19.1 Å². The summed E-state index contributed by atoms with van der Waals surface area (Å²) < 4.78 is 11.6. The van der Waals surface area contributed by atoms with Gasteiger partial charge in [0.2, 0.25) is 0 Å². The summed E-state index contributed by atoms with van der Waals surface area (Å²) >= 11 is 0. The highest BCUT2D eigenvalue weighted by molar-refractivity contribution is 5.79. The number of hydrogen-bond acceptors (Lipinski definition) is 6. The van der Waals surface area contributed by atoms with Crippen molar-refractivity contribution in [3.63, 3.8) is 0 Å². The summed E-state index contributed by atoms with van der Waals surface area (Å²) in [4.78, 5) is 25.3. The van der Waals surface area contributed by atoms with Crippen LogP contribution in [0.2, 0.25) is 0 Å². The lowest BCUT2D eigenvalue weighted by Gasteiger charge is -2.34. The quantitative estimate of drug-likeness (QED) is 0.616. The van der Waals surface area contributed by atoms with E-state index in [0.29, 0.717) is 0 Å². The molecule has 2 saturated heterocycles. The van der Waals surface area contributed by atoms with Crippen LogP contribution in [0.5, 0.6) is 0 Å². The van der Waals surface area contributed by atoms with Gasteiger partial charge in [-0.25, -0.2) is 0 Å². The first-order chi connectivity index (χ1) is 14.0. The van der Waals surface area contributed by atoms with Crippen LogP contribution in [0.15, 0.2) is 0 Å². The highest BCUT2D eigenvalue weighted by Crippen LogP contribution is 2.31. The van der Waals surface area contributed by atoms with Gasteiger partial charge in [0.25, 0.3) is 0 Å².